The Morgan fingerprint density at radius 2 is 2.12 bits per heavy atom. The molecule has 0 aliphatic heterocycles. The van der Waals surface area contributed by atoms with Crippen molar-refractivity contribution < 1.29 is 0 Å². The van der Waals surface area contributed by atoms with Crippen molar-refractivity contribution in [3.63, 3.8) is 0 Å². The molecule has 90 valence electrons. The zero-order chi connectivity index (χ0) is 12.3. The molecule has 2 rings (SSSR count). The number of anilines is 2. The van der Waals surface area contributed by atoms with Gasteiger partial charge in [0.15, 0.2) is 0 Å². The molecule has 0 unspecified atom stereocenters. The van der Waals surface area contributed by atoms with E-state index in [2.05, 4.69) is 34.2 Å². The van der Waals surface area contributed by atoms with Crippen molar-refractivity contribution in [1.82, 2.24) is 19.7 Å². The molecule has 0 radical (unpaired) electrons. The average Bonchev–Trinajstić information content (AvgIpc) is 2.76. The minimum absolute atomic E-state index is 0.637. The van der Waals surface area contributed by atoms with Crippen LogP contribution in [-0.2, 0) is 13.0 Å². The van der Waals surface area contributed by atoms with Crippen LogP contribution in [-0.4, -0.2) is 19.7 Å². The molecule has 0 saturated carbocycles. The van der Waals surface area contributed by atoms with Gasteiger partial charge >= 0.3 is 0 Å². The summed E-state index contributed by atoms with van der Waals surface area (Å²) in [7, 11) is 0. The minimum atomic E-state index is 0.637. The first-order chi connectivity index (χ1) is 8.21. The molecule has 2 heterocycles. The molecule has 17 heavy (non-hydrogen) atoms. The lowest BCUT2D eigenvalue weighted by Gasteiger charge is -2.05. The van der Waals surface area contributed by atoms with Crippen LogP contribution in [0.3, 0.4) is 0 Å². The lowest BCUT2D eigenvalue weighted by atomic mass is 10.3. The molecule has 0 fully saturated rings. The molecule has 0 bridgehead atoms. The second-order valence-corrected chi connectivity index (χ2v) is 3.89. The quantitative estimate of drug-likeness (QED) is 0.877. The maximum atomic E-state index is 4.42. The fourth-order valence-corrected chi connectivity index (χ4v) is 1.60. The van der Waals surface area contributed by atoms with E-state index >= 15 is 0 Å². The Kier molecular flexibility index (Phi) is 3.37. The molecule has 0 aromatic carbocycles. The first-order valence-electron chi connectivity index (χ1n) is 5.85. The van der Waals surface area contributed by atoms with Gasteiger partial charge in [-0.25, -0.2) is 9.97 Å². The van der Waals surface area contributed by atoms with Crippen LogP contribution in [0.2, 0.25) is 0 Å². The summed E-state index contributed by atoms with van der Waals surface area (Å²) in [6.45, 7) is 6.97. The molecule has 0 atom stereocenters. The Bertz CT molecular complexity index is 503. The monoisotopic (exact) mass is 231 g/mol. The Labute approximate surface area is 101 Å². The predicted octanol–water partition coefficient (Wildman–Crippen LogP) is 2.31. The summed E-state index contributed by atoms with van der Waals surface area (Å²) in [4.78, 5) is 8.78. The van der Waals surface area contributed by atoms with Gasteiger partial charge in [-0.05, 0) is 26.3 Å². The van der Waals surface area contributed by atoms with E-state index < -0.39 is 0 Å². The maximum absolute atomic E-state index is 4.42. The summed E-state index contributed by atoms with van der Waals surface area (Å²) in [6, 6.07) is 2.00. The molecule has 2 aromatic heterocycles. The third-order valence-electron chi connectivity index (χ3n) is 2.48. The van der Waals surface area contributed by atoms with Crippen LogP contribution in [0.5, 0.6) is 0 Å². The maximum Gasteiger partial charge on any atom is 0.227 e. The second kappa shape index (κ2) is 4.95. The van der Waals surface area contributed by atoms with E-state index in [9.17, 15) is 0 Å². The van der Waals surface area contributed by atoms with Crippen molar-refractivity contribution in [3.8, 4) is 0 Å². The van der Waals surface area contributed by atoms with Crippen molar-refractivity contribution in [3.05, 3.63) is 29.8 Å². The van der Waals surface area contributed by atoms with E-state index in [1.807, 2.05) is 23.9 Å². The lowest BCUT2D eigenvalue weighted by Crippen LogP contribution is -2.01. The van der Waals surface area contributed by atoms with E-state index in [-0.39, 0.29) is 0 Å². The molecule has 0 aliphatic rings. The van der Waals surface area contributed by atoms with Crippen LogP contribution < -0.4 is 5.32 Å². The standard InChI is InChI=1S/C12H17N5/c1-4-10-6-9(3)14-12(15-10)16-11-7-13-17(5-2)8-11/h6-8H,4-5H2,1-3H3,(H,14,15,16). The Hall–Kier alpha value is -1.91. The Morgan fingerprint density at radius 1 is 1.29 bits per heavy atom. The predicted molar refractivity (Wildman–Crippen MR) is 67.3 cm³/mol. The zero-order valence-corrected chi connectivity index (χ0v) is 10.4. The number of hydrogen-bond acceptors (Lipinski definition) is 4. The second-order valence-electron chi connectivity index (χ2n) is 3.89. The normalized spacial score (nSPS) is 10.5. The highest BCUT2D eigenvalue weighted by atomic mass is 15.3. The molecule has 1 N–H and O–H groups in total. The SMILES string of the molecule is CCc1cc(C)nc(Nc2cnn(CC)c2)n1. The van der Waals surface area contributed by atoms with Gasteiger partial charge in [0.2, 0.25) is 5.95 Å². The third-order valence-corrected chi connectivity index (χ3v) is 2.48. The molecule has 0 amide bonds. The minimum Gasteiger partial charge on any atom is -0.321 e. The largest absolute Gasteiger partial charge is 0.321 e. The first kappa shape index (κ1) is 11.6. The number of nitrogens with zero attached hydrogens (tertiary/aromatic N) is 4. The van der Waals surface area contributed by atoms with E-state index in [0.717, 1.165) is 30.0 Å². The van der Waals surface area contributed by atoms with Gasteiger partial charge in [0.1, 0.15) is 0 Å². The van der Waals surface area contributed by atoms with Gasteiger partial charge in [-0.3, -0.25) is 4.68 Å². The average molecular weight is 231 g/mol. The molecule has 0 spiro atoms. The highest BCUT2D eigenvalue weighted by Gasteiger charge is 2.03. The summed E-state index contributed by atoms with van der Waals surface area (Å²) >= 11 is 0. The lowest BCUT2D eigenvalue weighted by molar-refractivity contribution is 0.660. The van der Waals surface area contributed by atoms with Crippen LogP contribution in [0.1, 0.15) is 25.2 Å². The fraction of sp³-hybridized carbons (Fsp3) is 0.417. The number of hydrogen-bond donors (Lipinski definition) is 1. The van der Waals surface area contributed by atoms with Gasteiger partial charge in [0.25, 0.3) is 0 Å². The number of aryl methyl sites for hydroxylation is 3. The van der Waals surface area contributed by atoms with Crippen LogP contribution in [0, 0.1) is 6.92 Å². The van der Waals surface area contributed by atoms with E-state index in [4.69, 9.17) is 0 Å². The van der Waals surface area contributed by atoms with Crippen molar-refractivity contribution in [1.29, 1.82) is 0 Å². The molecule has 5 heteroatoms. The Morgan fingerprint density at radius 3 is 2.76 bits per heavy atom. The van der Waals surface area contributed by atoms with Gasteiger partial charge in [0, 0.05) is 24.1 Å². The van der Waals surface area contributed by atoms with Crippen LogP contribution in [0.25, 0.3) is 0 Å². The number of nitrogens with one attached hydrogen (secondary N) is 1. The summed E-state index contributed by atoms with van der Waals surface area (Å²) in [5, 5.41) is 7.36. The smallest absolute Gasteiger partial charge is 0.227 e. The van der Waals surface area contributed by atoms with Crippen molar-refractivity contribution in [2.75, 3.05) is 5.32 Å². The van der Waals surface area contributed by atoms with Crippen molar-refractivity contribution in [2.24, 2.45) is 0 Å². The summed E-state index contributed by atoms with van der Waals surface area (Å²) in [6.07, 6.45) is 4.63. The molecule has 2 aromatic rings. The third kappa shape index (κ3) is 2.81. The summed E-state index contributed by atoms with van der Waals surface area (Å²) in [5.41, 5.74) is 2.93. The van der Waals surface area contributed by atoms with Crippen LogP contribution >= 0.6 is 0 Å². The first-order valence-corrected chi connectivity index (χ1v) is 5.85. The van der Waals surface area contributed by atoms with Gasteiger partial charge in [-0.15, -0.1) is 0 Å². The molecular formula is C12H17N5. The topological polar surface area (TPSA) is 55.6 Å². The highest BCUT2D eigenvalue weighted by Crippen LogP contribution is 2.13. The van der Waals surface area contributed by atoms with E-state index in [1.165, 1.54) is 0 Å². The van der Waals surface area contributed by atoms with Crippen molar-refractivity contribution >= 4 is 11.6 Å². The summed E-state index contributed by atoms with van der Waals surface area (Å²) < 4.78 is 1.86. The molecular weight excluding hydrogens is 214 g/mol. The fourth-order valence-electron chi connectivity index (χ4n) is 1.60. The molecule has 0 aliphatic carbocycles. The van der Waals surface area contributed by atoms with Crippen molar-refractivity contribution in [2.45, 2.75) is 33.7 Å². The van der Waals surface area contributed by atoms with Gasteiger partial charge < -0.3 is 5.32 Å². The number of rotatable bonds is 4. The van der Waals surface area contributed by atoms with Gasteiger partial charge in [-0.1, -0.05) is 6.92 Å². The van der Waals surface area contributed by atoms with Gasteiger partial charge in [0.05, 0.1) is 11.9 Å². The van der Waals surface area contributed by atoms with Gasteiger partial charge in [-0.2, -0.15) is 5.10 Å². The highest BCUT2D eigenvalue weighted by molar-refractivity contribution is 5.50. The van der Waals surface area contributed by atoms with Crippen LogP contribution in [0.15, 0.2) is 18.5 Å². The van der Waals surface area contributed by atoms with E-state index in [0.29, 0.717) is 5.95 Å². The zero-order valence-electron chi connectivity index (χ0n) is 10.4. The van der Waals surface area contributed by atoms with E-state index in [1.54, 1.807) is 6.20 Å². The molecule has 0 saturated heterocycles. The summed E-state index contributed by atoms with van der Waals surface area (Å²) in [5.74, 6) is 0.637. The van der Waals surface area contributed by atoms with Crippen LogP contribution in [0.4, 0.5) is 11.6 Å². The number of aromatic nitrogens is 4. The molecule has 5 nitrogen and oxygen atoms in total. The Balaban J connectivity index is 2.20.